The minimum Gasteiger partial charge on any atom is -0.481 e. The van der Waals surface area contributed by atoms with Crippen LogP contribution in [0.25, 0.3) is 0 Å². The van der Waals surface area contributed by atoms with E-state index in [-0.39, 0.29) is 5.60 Å². The number of unbranched alkanes of at least 4 members (excludes halogenated alkanes) is 4. The van der Waals surface area contributed by atoms with E-state index in [2.05, 4.69) is 25.1 Å². The Bertz CT molecular complexity index is 673. The molecule has 0 bridgehead atoms. The Morgan fingerprint density at radius 3 is 2.41 bits per heavy atom. The van der Waals surface area contributed by atoms with Crippen molar-refractivity contribution in [2.75, 3.05) is 0 Å². The van der Waals surface area contributed by atoms with E-state index in [1.54, 1.807) is 0 Å². The molecule has 2 rings (SSSR count). The molecule has 0 amide bonds. The number of carboxylic acids is 1. The van der Waals surface area contributed by atoms with Crippen LogP contribution in [-0.2, 0) is 27.2 Å². The molecule has 0 heterocycles. The van der Waals surface area contributed by atoms with Gasteiger partial charge in [0.05, 0.1) is 5.41 Å². The topological polar surface area (TPSA) is 63.6 Å². The van der Waals surface area contributed by atoms with E-state index in [9.17, 15) is 9.59 Å². The summed E-state index contributed by atoms with van der Waals surface area (Å²) in [5.74, 6) is -0.699. The second-order valence-electron chi connectivity index (χ2n) is 9.47. The largest absolute Gasteiger partial charge is 0.481 e. The maximum absolute atomic E-state index is 11.1. The molecule has 0 aromatic heterocycles. The molecule has 162 valence electrons. The Hall–Kier alpha value is -1.84. The number of aliphatic carboxylic acids is 1. The first-order chi connectivity index (χ1) is 13.8. The SMILES string of the molecule is Cc1cc(CCCCC2(OC=O)CC2)ccc1CCCCCCC(C)(C)C(=O)O. The van der Waals surface area contributed by atoms with Gasteiger partial charge < -0.3 is 9.84 Å². The van der Waals surface area contributed by atoms with Crippen LogP contribution in [0.4, 0.5) is 0 Å². The third-order valence-electron chi connectivity index (χ3n) is 6.44. The minimum absolute atomic E-state index is 0.120. The smallest absolute Gasteiger partial charge is 0.309 e. The minimum atomic E-state index is -0.699. The number of hydrogen-bond acceptors (Lipinski definition) is 3. The number of rotatable bonds is 15. The Morgan fingerprint density at radius 1 is 1.10 bits per heavy atom. The molecule has 29 heavy (non-hydrogen) atoms. The van der Waals surface area contributed by atoms with Crippen LogP contribution in [0.3, 0.4) is 0 Å². The monoisotopic (exact) mass is 402 g/mol. The molecule has 1 saturated carbocycles. The van der Waals surface area contributed by atoms with Crippen molar-refractivity contribution >= 4 is 12.4 Å². The van der Waals surface area contributed by atoms with E-state index >= 15 is 0 Å². The van der Waals surface area contributed by atoms with Crippen molar-refractivity contribution < 1.29 is 19.4 Å². The highest BCUT2D eigenvalue weighted by atomic mass is 16.5. The van der Waals surface area contributed by atoms with Crippen LogP contribution in [0.2, 0.25) is 0 Å². The van der Waals surface area contributed by atoms with E-state index in [1.807, 2.05) is 13.8 Å². The highest BCUT2D eigenvalue weighted by Gasteiger charge is 2.44. The van der Waals surface area contributed by atoms with Gasteiger partial charge in [-0.3, -0.25) is 9.59 Å². The lowest BCUT2D eigenvalue weighted by molar-refractivity contribution is -0.147. The van der Waals surface area contributed by atoms with Gasteiger partial charge in [0, 0.05) is 0 Å². The molecule has 1 aromatic carbocycles. The van der Waals surface area contributed by atoms with Crippen molar-refractivity contribution in [1.82, 2.24) is 0 Å². The summed E-state index contributed by atoms with van der Waals surface area (Å²) < 4.78 is 5.21. The third kappa shape index (κ3) is 7.83. The van der Waals surface area contributed by atoms with Gasteiger partial charge in [-0.25, -0.2) is 0 Å². The van der Waals surface area contributed by atoms with Crippen LogP contribution in [0, 0.1) is 12.3 Å². The molecule has 1 aliphatic carbocycles. The summed E-state index contributed by atoms with van der Waals surface area (Å²) in [4.78, 5) is 21.7. The first-order valence-corrected chi connectivity index (χ1v) is 11.2. The number of ether oxygens (including phenoxy) is 1. The molecule has 4 heteroatoms. The van der Waals surface area contributed by atoms with Gasteiger partial charge in [0.2, 0.25) is 0 Å². The maximum atomic E-state index is 11.1. The first-order valence-electron chi connectivity index (χ1n) is 11.2. The van der Waals surface area contributed by atoms with Crippen molar-refractivity contribution in [3.8, 4) is 0 Å². The molecule has 0 saturated heterocycles. The van der Waals surface area contributed by atoms with Crippen molar-refractivity contribution in [3.05, 3.63) is 34.9 Å². The normalized spacial score (nSPS) is 15.1. The van der Waals surface area contributed by atoms with Crippen LogP contribution in [0.15, 0.2) is 18.2 Å². The van der Waals surface area contributed by atoms with Crippen LogP contribution in [-0.4, -0.2) is 23.1 Å². The lowest BCUT2D eigenvalue weighted by atomic mass is 9.87. The maximum Gasteiger partial charge on any atom is 0.309 e. The predicted octanol–water partition coefficient (Wildman–Crippen LogP) is 6.02. The molecule has 0 unspecified atom stereocenters. The highest BCUT2D eigenvalue weighted by molar-refractivity contribution is 5.73. The molecular formula is C25H38O4. The summed E-state index contributed by atoms with van der Waals surface area (Å²) in [6, 6.07) is 6.85. The molecule has 0 radical (unpaired) electrons. The molecule has 1 fully saturated rings. The fourth-order valence-corrected chi connectivity index (χ4v) is 3.98. The molecule has 0 atom stereocenters. The molecule has 4 nitrogen and oxygen atoms in total. The Labute approximate surface area is 176 Å². The van der Waals surface area contributed by atoms with Crippen molar-refractivity contribution in [3.63, 3.8) is 0 Å². The molecule has 1 aromatic rings. The zero-order valence-corrected chi connectivity index (χ0v) is 18.5. The van der Waals surface area contributed by atoms with Crippen molar-refractivity contribution in [1.29, 1.82) is 0 Å². The molecule has 1 N–H and O–H groups in total. The third-order valence-corrected chi connectivity index (χ3v) is 6.44. The molecular weight excluding hydrogens is 364 g/mol. The molecule has 0 aliphatic heterocycles. The van der Waals surface area contributed by atoms with Gasteiger partial charge in [-0.2, -0.15) is 0 Å². The fraction of sp³-hybridized carbons (Fsp3) is 0.680. The zero-order valence-electron chi connectivity index (χ0n) is 18.5. The van der Waals surface area contributed by atoms with Gasteiger partial charge in [-0.15, -0.1) is 0 Å². The van der Waals surface area contributed by atoms with Crippen LogP contribution < -0.4 is 0 Å². The van der Waals surface area contributed by atoms with Gasteiger partial charge in [0.25, 0.3) is 6.47 Å². The van der Waals surface area contributed by atoms with E-state index in [0.29, 0.717) is 6.47 Å². The second-order valence-corrected chi connectivity index (χ2v) is 9.47. The Kier molecular flexibility index (Phi) is 8.73. The van der Waals surface area contributed by atoms with Gasteiger partial charge in [-0.05, 0) is 95.2 Å². The second kappa shape index (κ2) is 10.8. The van der Waals surface area contributed by atoms with Gasteiger partial charge in [-0.1, -0.05) is 37.5 Å². The number of carbonyl (C=O) groups excluding carboxylic acids is 1. The summed E-state index contributed by atoms with van der Waals surface area (Å²) in [5.41, 5.74) is 3.47. The number of hydrogen-bond donors (Lipinski definition) is 1. The lowest BCUT2D eigenvalue weighted by Gasteiger charge is -2.18. The first kappa shape index (κ1) is 23.4. The number of benzene rings is 1. The number of aryl methyl sites for hydroxylation is 3. The van der Waals surface area contributed by atoms with Crippen molar-refractivity contribution in [2.24, 2.45) is 5.41 Å². The van der Waals surface area contributed by atoms with E-state index in [4.69, 9.17) is 9.84 Å². The summed E-state index contributed by atoms with van der Waals surface area (Å²) in [6.45, 7) is 6.42. The summed E-state index contributed by atoms with van der Waals surface area (Å²) >= 11 is 0. The Morgan fingerprint density at radius 2 is 1.79 bits per heavy atom. The fourth-order valence-electron chi connectivity index (χ4n) is 3.98. The Balaban J connectivity index is 1.62. The number of carbonyl (C=O) groups is 2. The zero-order chi connectivity index (χ0) is 21.3. The molecule has 1 aliphatic rings. The van der Waals surface area contributed by atoms with Crippen LogP contribution >= 0.6 is 0 Å². The van der Waals surface area contributed by atoms with Crippen LogP contribution in [0.1, 0.15) is 94.7 Å². The van der Waals surface area contributed by atoms with Gasteiger partial charge in [0.1, 0.15) is 5.60 Å². The lowest BCUT2D eigenvalue weighted by Crippen LogP contribution is -2.23. The van der Waals surface area contributed by atoms with E-state index < -0.39 is 11.4 Å². The van der Waals surface area contributed by atoms with Crippen LogP contribution in [0.5, 0.6) is 0 Å². The quantitative estimate of drug-likeness (QED) is 0.288. The van der Waals surface area contributed by atoms with Gasteiger partial charge in [0.15, 0.2) is 0 Å². The average molecular weight is 403 g/mol. The van der Waals surface area contributed by atoms with E-state index in [1.165, 1.54) is 16.7 Å². The standard InChI is InChI=1S/C25H38O4/c1-20-18-21(10-7-9-15-25(16-17-25)29-19-26)12-13-22(20)11-6-4-5-8-14-24(2,3)23(27)28/h12-13,18-19H,4-11,14-17H2,1-3H3,(H,27,28). The summed E-state index contributed by atoms with van der Waals surface area (Å²) in [5, 5.41) is 9.16. The average Bonchev–Trinajstić information content (AvgIpc) is 3.43. The predicted molar refractivity (Wildman–Crippen MR) is 116 cm³/mol. The molecule has 0 spiro atoms. The van der Waals surface area contributed by atoms with Crippen molar-refractivity contribution in [2.45, 2.75) is 103 Å². The summed E-state index contributed by atoms with van der Waals surface area (Å²) in [7, 11) is 0. The summed E-state index contributed by atoms with van der Waals surface area (Å²) in [6.07, 6.45) is 12.6. The van der Waals surface area contributed by atoms with E-state index in [0.717, 1.165) is 77.0 Å². The highest BCUT2D eigenvalue weighted by Crippen LogP contribution is 2.43. The van der Waals surface area contributed by atoms with Gasteiger partial charge >= 0.3 is 5.97 Å². The number of carboxylic acid groups (broad SMARTS) is 1.